The van der Waals surface area contributed by atoms with Crippen LogP contribution in [-0.4, -0.2) is 53.5 Å². The van der Waals surface area contributed by atoms with Crippen LogP contribution in [0.4, 0.5) is 11.6 Å². The van der Waals surface area contributed by atoms with Gasteiger partial charge in [-0.15, -0.1) is 0 Å². The fraction of sp³-hybridized carbons (Fsp3) is 0.500. The van der Waals surface area contributed by atoms with Gasteiger partial charge in [0, 0.05) is 44.4 Å². The fourth-order valence-corrected chi connectivity index (χ4v) is 4.09. The number of nitrogens with zero attached hydrogens (tertiary/aromatic N) is 4. The molecule has 0 unspecified atom stereocenters. The van der Waals surface area contributed by atoms with Gasteiger partial charge in [-0.25, -0.2) is 9.97 Å². The van der Waals surface area contributed by atoms with Crippen molar-refractivity contribution in [1.29, 1.82) is 0 Å². The SMILES string of the molecule is O=C(c1ccccc1)N1CCC(CNc2cc(N3CCCCC3)ncn2)CC1. The number of rotatable bonds is 5. The number of nitrogens with one attached hydrogen (secondary N) is 1. The molecule has 0 radical (unpaired) electrons. The lowest BCUT2D eigenvalue weighted by Gasteiger charge is -2.32. The number of hydrogen-bond donors (Lipinski definition) is 1. The van der Waals surface area contributed by atoms with Crippen LogP contribution in [0.25, 0.3) is 0 Å². The maximum absolute atomic E-state index is 12.6. The molecule has 0 spiro atoms. The summed E-state index contributed by atoms with van der Waals surface area (Å²) in [7, 11) is 0. The van der Waals surface area contributed by atoms with Crippen LogP contribution in [-0.2, 0) is 0 Å². The summed E-state index contributed by atoms with van der Waals surface area (Å²) in [6.45, 7) is 4.71. The Morgan fingerprint density at radius 2 is 1.75 bits per heavy atom. The molecule has 2 aliphatic heterocycles. The molecule has 0 bridgehead atoms. The highest BCUT2D eigenvalue weighted by atomic mass is 16.2. The summed E-state index contributed by atoms with van der Waals surface area (Å²) < 4.78 is 0. The van der Waals surface area contributed by atoms with Crippen LogP contribution in [0.5, 0.6) is 0 Å². The molecule has 1 N–H and O–H groups in total. The van der Waals surface area contributed by atoms with E-state index in [1.165, 1.54) is 19.3 Å². The quantitative estimate of drug-likeness (QED) is 0.862. The van der Waals surface area contributed by atoms with Crippen LogP contribution >= 0.6 is 0 Å². The molecular weight excluding hydrogens is 350 g/mol. The number of anilines is 2. The van der Waals surface area contributed by atoms with Crippen LogP contribution in [0.15, 0.2) is 42.7 Å². The Kier molecular flexibility index (Phi) is 6.04. The monoisotopic (exact) mass is 379 g/mol. The second-order valence-corrected chi connectivity index (χ2v) is 7.79. The second kappa shape index (κ2) is 9.04. The van der Waals surface area contributed by atoms with Crippen molar-refractivity contribution in [2.45, 2.75) is 32.1 Å². The topological polar surface area (TPSA) is 61.4 Å². The Balaban J connectivity index is 1.26. The van der Waals surface area contributed by atoms with Gasteiger partial charge in [0.15, 0.2) is 0 Å². The average Bonchev–Trinajstić information content (AvgIpc) is 2.79. The number of hydrogen-bond acceptors (Lipinski definition) is 5. The van der Waals surface area contributed by atoms with Crippen LogP contribution < -0.4 is 10.2 Å². The number of carbonyl (C=O) groups excluding carboxylic acids is 1. The number of likely N-dealkylation sites (tertiary alicyclic amines) is 1. The first-order chi connectivity index (χ1) is 13.8. The second-order valence-electron chi connectivity index (χ2n) is 7.79. The summed E-state index contributed by atoms with van der Waals surface area (Å²) in [4.78, 5) is 25.7. The zero-order valence-corrected chi connectivity index (χ0v) is 16.4. The first-order valence-electron chi connectivity index (χ1n) is 10.4. The molecule has 0 saturated carbocycles. The minimum absolute atomic E-state index is 0.147. The number of carbonyl (C=O) groups is 1. The number of amides is 1. The molecular formula is C22H29N5O. The maximum atomic E-state index is 12.6. The highest BCUT2D eigenvalue weighted by molar-refractivity contribution is 5.94. The van der Waals surface area contributed by atoms with E-state index >= 15 is 0 Å². The third kappa shape index (κ3) is 4.61. The molecule has 1 aromatic carbocycles. The highest BCUT2D eigenvalue weighted by Crippen LogP contribution is 2.22. The first-order valence-corrected chi connectivity index (χ1v) is 10.4. The summed E-state index contributed by atoms with van der Waals surface area (Å²) >= 11 is 0. The largest absolute Gasteiger partial charge is 0.370 e. The predicted octanol–water partition coefficient (Wildman–Crippen LogP) is 3.43. The third-order valence-electron chi connectivity index (χ3n) is 5.83. The zero-order chi connectivity index (χ0) is 19.2. The van der Waals surface area contributed by atoms with Crippen LogP contribution in [0.3, 0.4) is 0 Å². The predicted molar refractivity (Wildman–Crippen MR) is 112 cm³/mol. The number of aromatic nitrogens is 2. The van der Waals surface area contributed by atoms with Crippen molar-refractivity contribution in [2.75, 3.05) is 42.9 Å². The van der Waals surface area contributed by atoms with Crippen LogP contribution in [0.1, 0.15) is 42.5 Å². The van der Waals surface area contributed by atoms with Crippen molar-refractivity contribution >= 4 is 17.5 Å². The lowest BCUT2D eigenvalue weighted by Crippen LogP contribution is -2.39. The summed E-state index contributed by atoms with van der Waals surface area (Å²) in [5, 5.41) is 3.49. The summed E-state index contributed by atoms with van der Waals surface area (Å²) in [5.74, 6) is 2.64. The van der Waals surface area contributed by atoms with Crippen LogP contribution in [0.2, 0.25) is 0 Å². The summed E-state index contributed by atoms with van der Waals surface area (Å²) in [6.07, 6.45) is 7.51. The van der Waals surface area contributed by atoms with Gasteiger partial charge in [-0.2, -0.15) is 0 Å². The summed E-state index contributed by atoms with van der Waals surface area (Å²) in [6, 6.07) is 11.6. The molecule has 0 aliphatic carbocycles. The van der Waals surface area contributed by atoms with E-state index in [-0.39, 0.29) is 5.91 Å². The molecule has 1 aromatic heterocycles. The van der Waals surface area contributed by atoms with Gasteiger partial charge >= 0.3 is 0 Å². The van der Waals surface area contributed by atoms with Crippen molar-refractivity contribution in [3.8, 4) is 0 Å². The van der Waals surface area contributed by atoms with E-state index in [1.54, 1.807) is 6.33 Å². The molecule has 2 aliphatic rings. The minimum Gasteiger partial charge on any atom is -0.370 e. The Bertz CT molecular complexity index is 768. The molecule has 1 amide bonds. The van der Waals surface area contributed by atoms with Gasteiger partial charge in [0.1, 0.15) is 18.0 Å². The van der Waals surface area contributed by atoms with Crippen molar-refractivity contribution in [1.82, 2.24) is 14.9 Å². The van der Waals surface area contributed by atoms with Crippen molar-refractivity contribution in [3.05, 3.63) is 48.3 Å². The van der Waals surface area contributed by atoms with Crippen LogP contribution in [0, 0.1) is 5.92 Å². The normalized spacial score (nSPS) is 18.1. The molecule has 6 heteroatoms. The Morgan fingerprint density at radius 1 is 1.00 bits per heavy atom. The van der Waals surface area contributed by atoms with Gasteiger partial charge in [-0.1, -0.05) is 18.2 Å². The maximum Gasteiger partial charge on any atom is 0.253 e. The van der Waals surface area contributed by atoms with Gasteiger partial charge < -0.3 is 15.1 Å². The number of benzene rings is 1. The molecule has 2 aromatic rings. The molecule has 4 rings (SSSR count). The molecule has 28 heavy (non-hydrogen) atoms. The molecule has 2 fully saturated rings. The Morgan fingerprint density at radius 3 is 2.50 bits per heavy atom. The van der Waals surface area contributed by atoms with Gasteiger partial charge in [-0.3, -0.25) is 4.79 Å². The lowest BCUT2D eigenvalue weighted by atomic mass is 9.96. The molecule has 0 atom stereocenters. The van der Waals surface area contributed by atoms with Gasteiger partial charge in [0.2, 0.25) is 0 Å². The van der Waals surface area contributed by atoms with E-state index in [4.69, 9.17) is 0 Å². The molecule has 2 saturated heterocycles. The standard InChI is InChI=1S/C22H29N5O/c28-22(19-7-3-1-4-8-19)27-13-9-18(10-14-27)16-23-20-15-21(25-17-24-20)26-11-5-2-6-12-26/h1,3-4,7-8,15,17-18H,2,5-6,9-14,16H2,(H,23,24,25). The van der Waals surface area contributed by atoms with E-state index in [2.05, 4.69) is 26.3 Å². The van der Waals surface area contributed by atoms with E-state index in [9.17, 15) is 4.79 Å². The van der Waals surface area contributed by atoms with Gasteiger partial charge in [0.05, 0.1) is 0 Å². The minimum atomic E-state index is 0.147. The summed E-state index contributed by atoms with van der Waals surface area (Å²) in [5.41, 5.74) is 0.783. The zero-order valence-electron chi connectivity index (χ0n) is 16.4. The molecule has 6 nitrogen and oxygen atoms in total. The Labute approximate surface area is 167 Å². The third-order valence-corrected chi connectivity index (χ3v) is 5.83. The Hall–Kier alpha value is -2.63. The van der Waals surface area contributed by atoms with Crippen molar-refractivity contribution in [3.63, 3.8) is 0 Å². The van der Waals surface area contributed by atoms with Gasteiger partial charge in [0.25, 0.3) is 5.91 Å². The molecule has 3 heterocycles. The first kappa shape index (κ1) is 18.7. The highest BCUT2D eigenvalue weighted by Gasteiger charge is 2.23. The molecule has 148 valence electrons. The van der Waals surface area contributed by atoms with Gasteiger partial charge in [-0.05, 0) is 50.2 Å². The van der Waals surface area contributed by atoms with Crippen molar-refractivity contribution in [2.24, 2.45) is 5.92 Å². The number of piperidine rings is 2. The van der Waals surface area contributed by atoms with E-state index in [0.29, 0.717) is 5.92 Å². The van der Waals surface area contributed by atoms with E-state index < -0.39 is 0 Å². The average molecular weight is 380 g/mol. The smallest absolute Gasteiger partial charge is 0.253 e. The lowest BCUT2D eigenvalue weighted by molar-refractivity contribution is 0.0695. The van der Waals surface area contributed by atoms with E-state index in [1.807, 2.05) is 35.2 Å². The van der Waals surface area contributed by atoms with Crippen molar-refractivity contribution < 1.29 is 4.79 Å². The fourth-order valence-electron chi connectivity index (χ4n) is 4.09. The van der Waals surface area contributed by atoms with E-state index in [0.717, 1.165) is 62.8 Å².